The summed E-state index contributed by atoms with van der Waals surface area (Å²) in [7, 11) is 0. The van der Waals surface area contributed by atoms with E-state index in [2.05, 4.69) is 79.4 Å². The van der Waals surface area contributed by atoms with Crippen molar-refractivity contribution in [1.82, 2.24) is 79.0 Å². The van der Waals surface area contributed by atoms with Crippen molar-refractivity contribution in [1.29, 1.82) is 0 Å². The number of fused-ring (bicyclic) bond motifs is 1. The summed E-state index contributed by atoms with van der Waals surface area (Å²) in [6.45, 7) is 10.8. The minimum atomic E-state index is -1.90. The molecule has 6 aromatic rings. The molecule has 0 unspecified atom stereocenters. The van der Waals surface area contributed by atoms with Crippen molar-refractivity contribution in [2.45, 2.75) is 192 Å². The fourth-order valence-electron chi connectivity index (χ4n) is 13.4. The van der Waals surface area contributed by atoms with Gasteiger partial charge in [-0.2, -0.15) is 0 Å². The average Bonchev–Trinajstić information content (AvgIpc) is 1.75. The largest absolute Gasteiger partial charge is 0.394 e. The van der Waals surface area contributed by atoms with Crippen LogP contribution in [-0.2, 0) is 96.2 Å². The van der Waals surface area contributed by atoms with Gasteiger partial charge in [-0.15, -0.1) is 0 Å². The summed E-state index contributed by atoms with van der Waals surface area (Å²) in [5, 5.41) is 51.0. The second-order valence-electron chi connectivity index (χ2n) is 29.4. The number of amides is 16. The third-order valence-corrected chi connectivity index (χ3v) is 19.5. The highest BCUT2D eigenvalue weighted by Crippen LogP contribution is 2.23. The molecule has 0 saturated carbocycles. The van der Waals surface area contributed by atoms with Gasteiger partial charge in [0.15, 0.2) is 0 Å². The first-order valence-electron chi connectivity index (χ1n) is 38.6. The number of anilines is 1. The highest BCUT2D eigenvalue weighted by Gasteiger charge is 2.40. The Morgan fingerprint density at radius 1 is 0.565 bits per heavy atom. The number of aliphatic hydroxyl groups is 1. The number of hydrogen-bond donors (Lipinski definition) is 16. The maximum atomic E-state index is 15.5. The summed E-state index contributed by atoms with van der Waals surface area (Å²) in [5.74, 6) is -9.47. The average molecular weight is 1600 g/mol. The van der Waals surface area contributed by atoms with Crippen molar-refractivity contribution in [3.63, 3.8) is 0 Å². The molecule has 115 heavy (non-hydrogen) atoms. The lowest BCUT2D eigenvalue weighted by Gasteiger charge is -2.31. The van der Waals surface area contributed by atoms with Gasteiger partial charge in [-0.25, -0.2) is 9.59 Å². The minimum absolute atomic E-state index is 0.0136. The van der Waals surface area contributed by atoms with Gasteiger partial charge in [0.1, 0.15) is 60.4 Å². The summed E-state index contributed by atoms with van der Waals surface area (Å²) in [4.78, 5) is 201. The van der Waals surface area contributed by atoms with Crippen molar-refractivity contribution in [3.8, 4) is 0 Å². The van der Waals surface area contributed by atoms with Crippen LogP contribution in [-0.4, -0.2) is 191 Å². The van der Waals surface area contributed by atoms with Gasteiger partial charge >= 0.3 is 12.1 Å². The van der Waals surface area contributed by atoms with E-state index in [1.165, 1.54) is 48.5 Å². The second kappa shape index (κ2) is 43.9. The topological polar surface area (TPSA) is 470 Å². The molecule has 33 heteroatoms. The Kier molecular flexibility index (Phi) is 33.9. The first-order chi connectivity index (χ1) is 55.0. The lowest BCUT2D eigenvalue weighted by molar-refractivity contribution is -0.142. The smallest absolute Gasteiger partial charge is 0.322 e. The Balaban J connectivity index is 1.10. The van der Waals surface area contributed by atoms with Crippen LogP contribution in [0, 0.1) is 5.92 Å². The lowest BCUT2D eigenvalue weighted by atomic mass is 9.99. The molecule has 0 aliphatic carbocycles. The highest BCUT2D eigenvalue weighted by molar-refractivity contribution is 6.30. The molecule has 10 atom stereocenters. The zero-order chi connectivity index (χ0) is 83.3. The summed E-state index contributed by atoms with van der Waals surface area (Å²) < 4.78 is 0. The van der Waals surface area contributed by atoms with E-state index in [-0.39, 0.29) is 81.6 Å². The second-order valence-corrected chi connectivity index (χ2v) is 29.8. The number of benzene rings is 5. The van der Waals surface area contributed by atoms with Crippen molar-refractivity contribution >= 4 is 111 Å². The molecule has 0 spiro atoms. The van der Waals surface area contributed by atoms with Crippen LogP contribution in [0.1, 0.15) is 120 Å². The van der Waals surface area contributed by atoms with Crippen LogP contribution in [0.5, 0.6) is 0 Å². The number of primary amides is 1. The van der Waals surface area contributed by atoms with Crippen LogP contribution in [0.4, 0.5) is 15.3 Å². The first kappa shape index (κ1) is 88.7. The molecule has 32 nitrogen and oxygen atoms in total. The number of aromatic nitrogens is 1. The molecule has 16 amide bonds. The number of nitrogens with zero attached hydrogens (tertiary/aromatic N) is 2. The SMILES string of the molecule is CCNC(=O)[C@@H]1CCCN1C(=O)[C@H](CCCCNC(C)C)NC(=O)[C@H](CC(C)C)NC(=O)[C@@H](Cc1ccc(CNC(N)=O)cc1)NC(=O)[C@H](Cc1ccc(NC(=O)[C@@H]2CC(=O)NC(=O)N2)cc1)NC(=O)[C@H](CO)NC(=O)[C@@H](Cc1cccnc1)NC(=O)[C@@H](Cc1ccc(Cl)cc1)NC(=O)[C@@H](Cc1ccc2ccccc2c1)NC(C)=O. The highest BCUT2D eigenvalue weighted by atomic mass is 35.5. The Labute approximate surface area is 672 Å². The zero-order valence-corrected chi connectivity index (χ0v) is 66.0. The number of nitrogens with two attached hydrogens (primary N) is 1. The number of hydrogen-bond acceptors (Lipinski definition) is 17. The van der Waals surface area contributed by atoms with Gasteiger partial charge in [0.05, 0.1) is 13.0 Å². The number of rotatable bonds is 41. The molecule has 3 heterocycles. The summed E-state index contributed by atoms with van der Waals surface area (Å²) in [5.41, 5.74) is 8.55. The van der Waals surface area contributed by atoms with E-state index in [1.807, 2.05) is 70.2 Å². The van der Waals surface area contributed by atoms with Gasteiger partial charge in [-0.1, -0.05) is 136 Å². The number of imide groups is 1. The van der Waals surface area contributed by atoms with Crippen LogP contribution in [0.3, 0.4) is 0 Å². The molecule has 8 rings (SSSR count). The molecular weight excluding hydrogens is 1500 g/mol. The number of urea groups is 2. The third kappa shape index (κ3) is 28.3. The number of carbonyl (C=O) groups is 14. The molecule has 17 N–H and O–H groups in total. The minimum Gasteiger partial charge on any atom is -0.394 e. The van der Waals surface area contributed by atoms with Crippen LogP contribution in [0.15, 0.2) is 140 Å². The third-order valence-electron chi connectivity index (χ3n) is 19.3. The van der Waals surface area contributed by atoms with E-state index in [1.54, 1.807) is 67.6 Å². The quantitative estimate of drug-likeness (QED) is 0.0245. The predicted molar refractivity (Wildman–Crippen MR) is 429 cm³/mol. The number of carbonyl (C=O) groups excluding carboxylic acids is 14. The molecule has 614 valence electrons. The van der Waals surface area contributed by atoms with E-state index in [0.717, 1.165) is 10.8 Å². The monoisotopic (exact) mass is 1600 g/mol. The molecule has 1 aromatic heterocycles. The maximum absolute atomic E-state index is 15.5. The molecule has 2 aliphatic rings. The number of likely N-dealkylation sites (N-methyl/N-ethyl adjacent to an activating group) is 1. The molecule has 5 aromatic carbocycles. The van der Waals surface area contributed by atoms with Crippen molar-refractivity contribution in [3.05, 3.63) is 178 Å². The molecule has 0 bridgehead atoms. The van der Waals surface area contributed by atoms with Crippen LogP contribution < -0.4 is 80.2 Å². The molecule has 0 radical (unpaired) electrons. The van der Waals surface area contributed by atoms with E-state index >= 15 is 14.4 Å². The standard InChI is InChI=1S/C82H104ClN17O15/c1-7-86-79(112)69-18-13-35-100(69)80(113)60(17-10-11-34-87-48(4)5)91-72(105)61(36-47(2)3)92-74(107)63(38-50-19-21-53(22-20-50)45-88-81(84)114)94-76(109)65(40-52-26-31-59(32-27-52)90-71(104)67-43-70(103)99-82(115)98-67)96-78(111)68(46-101)97-77(110)66(42-55-14-12-33-85-44-55)95-75(108)64(39-51-24-29-58(83)30-25-51)93-73(106)62(89-49(6)102)41-54-23-28-56-15-8-9-16-57(56)37-54/h8-9,12,14-16,19-33,37,44,47-48,60-69,87,101H,7,10-11,13,17-18,34-36,38-43,45-46H2,1-6H3,(H,86,112)(H,89,102)(H,90,104)(H,91,105)(H,92,107)(H,93,106)(H,94,109)(H,95,108)(H,96,111)(H,97,110)(H3,84,88,114)(H2,98,99,103,115)/t60-,61-,62+,63+,64+,65-,66+,67-,68-,69-/m0/s1. The molecule has 2 saturated heterocycles. The number of halogens is 1. The summed E-state index contributed by atoms with van der Waals surface area (Å²) >= 11 is 6.27. The zero-order valence-electron chi connectivity index (χ0n) is 65.2. The van der Waals surface area contributed by atoms with Crippen molar-refractivity contribution in [2.75, 3.05) is 31.6 Å². The molecule has 2 aliphatic heterocycles. The fourth-order valence-corrected chi connectivity index (χ4v) is 13.5. The van der Waals surface area contributed by atoms with Gasteiger partial charge in [0, 0.05) is 87.8 Å². The van der Waals surface area contributed by atoms with E-state index in [4.69, 9.17) is 17.3 Å². The first-order valence-corrected chi connectivity index (χ1v) is 38.9. The van der Waals surface area contributed by atoms with Crippen LogP contribution >= 0.6 is 11.6 Å². The van der Waals surface area contributed by atoms with Crippen LogP contribution in [0.25, 0.3) is 10.8 Å². The number of pyridine rings is 1. The van der Waals surface area contributed by atoms with Crippen LogP contribution in [0.2, 0.25) is 5.02 Å². The molecule has 2 fully saturated rings. The van der Waals surface area contributed by atoms with Gasteiger partial charge < -0.3 is 84.9 Å². The number of unbranched alkanes of at least 4 members (excludes halogenated alkanes) is 1. The molecular formula is C82H104ClN17O15. The van der Waals surface area contributed by atoms with Gasteiger partial charge in [0.2, 0.25) is 70.9 Å². The number of nitrogens with one attached hydrogen (secondary N) is 14. The van der Waals surface area contributed by atoms with Crippen molar-refractivity contribution in [2.24, 2.45) is 11.7 Å². The van der Waals surface area contributed by atoms with E-state index in [9.17, 15) is 57.8 Å². The Bertz CT molecular complexity index is 4390. The lowest BCUT2D eigenvalue weighted by Crippen LogP contribution is -2.62. The Morgan fingerprint density at radius 3 is 1.61 bits per heavy atom. The number of likely N-dealkylation sites (tertiary alicyclic amines) is 1. The van der Waals surface area contributed by atoms with Gasteiger partial charge in [-0.05, 0) is 132 Å². The van der Waals surface area contributed by atoms with Gasteiger partial charge in [0.25, 0.3) is 0 Å². The fraction of sp³-hybridized carbons (Fsp3) is 0.427. The van der Waals surface area contributed by atoms with E-state index < -0.39 is 150 Å². The van der Waals surface area contributed by atoms with Gasteiger partial charge in [-0.3, -0.25) is 67.8 Å². The maximum Gasteiger partial charge on any atom is 0.322 e. The summed E-state index contributed by atoms with van der Waals surface area (Å²) in [6.07, 6.45) is 3.76. The predicted octanol–water partition coefficient (Wildman–Crippen LogP) is 2.34. The summed E-state index contributed by atoms with van der Waals surface area (Å²) in [6, 6.07) is 19.9. The van der Waals surface area contributed by atoms with E-state index in [0.29, 0.717) is 77.2 Å². The Morgan fingerprint density at radius 2 is 1.07 bits per heavy atom. The number of aliphatic hydroxyl groups excluding tert-OH is 1. The normalized spacial score (nSPS) is 16.0. The Hall–Kier alpha value is -11.9. The van der Waals surface area contributed by atoms with Crippen molar-refractivity contribution < 1.29 is 72.2 Å².